The quantitative estimate of drug-likeness (QED) is 0.577. The molecule has 0 radical (unpaired) electrons. The summed E-state index contributed by atoms with van der Waals surface area (Å²) < 4.78 is 0.955. The molecule has 2 aromatic heterocycles. The zero-order chi connectivity index (χ0) is 17.4. The smallest absolute Gasteiger partial charge is 0.268 e. The van der Waals surface area contributed by atoms with Crippen molar-refractivity contribution < 1.29 is 4.79 Å². The van der Waals surface area contributed by atoms with Gasteiger partial charge in [0.15, 0.2) is 0 Å². The molecule has 1 aliphatic rings. The molecule has 7 heteroatoms. The lowest BCUT2D eigenvalue weighted by Gasteiger charge is -2.10. The lowest BCUT2D eigenvalue weighted by atomic mass is 10.0. The monoisotopic (exact) mass is 397 g/mol. The van der Waals surface area contributed by atoms with Gasteiger partial charge in [0, 0.05) is 39.6 Å². The van der Waals surface area contributed by atoms with E-state index in [4.69, 9.17) is 0 Å². The average Bonchev–Trinajstić information content (AvgIpc) is 2.92. The highest BCUT2D eigenvalue weighted by Crippen LogP contribution is 2.29. The Hall–Kier alpha value is -2.67. The predicted molar refractivity (Wildman–Crippen MR) is 102 cm³/mol. The predicted octanol–water partition coefficient (Wildman–Crippen LogP) is 3.66. The van der Waals surface area contributed by atoms with Gasteiger partial charge in [-0.15, -0.1) is 0 Å². The van der Waals surface area contributed by atoms with Gasteiger partial charge in [-0.2, -0.15) is 5.10 Å². The largest absolute Gasteiger partial charge is 0.350 e. The minimum Gasteiger partial charge on any atom is -0.350 e. The number of aromatic amines is 1. The van der Waals surface area contributed by atoms with E-state index in [1.54, 1.807) is 6.20 Å². The van der Waals surface area contributed by atoms with Crippen molar-refractivity contribution in [1.29, 1.82) is 0 Å². The third-order valence-electron chi connectivity index (χ3n) is 4.12. The maximum Gasteiger partial charge on any atom is 0.268 e. The molecule has 25 heavy (non-hydrogen) atoms. The van der Waals surface area contributed by atoms with Gasteiger partial charge < -0.3 is 10.3 Å². The standard InChI is InChI=1S/C18H16BrN5O/c1-10-8-14(23-24-15-4-2-3-7-20-15)16-12-9-11(19)5-6-13(12)22-17(16)18(25)21-10/h2-7,9-10,22H,8H2,1H3,(H,20,24)(H,21,25). The minimum absolute atomic E-state index is 0.0141. The Kier molecular flexibility index (Phi) is 4.01. The fraction of sp³-hybridized carbons (Fsp3) is 0.167. The Labute approximate surface area is 152 Å². The molecule has 0 bridgehead atoms. The van der Waals surface area contributed by atoms with Gasteiger partial charge >= 0.3 is 0 Å². The van der Waals surface area contributed by atoms with E-state index in [0.717, 1.165) is 26.7 Å². The Morgan fingerprint density at radius 2 is 2.20 bits per heavy atom. The van der Waals surface area contributed by atoms with Crippen LogP contribution in [0, 0.1) is 0 Å². The fourth-order valence-corrected chi connectivity index (χ4v) is 3.39. The van der Waals surface area contributed by atoms with Crippen LogP contribution in [-0.4, -0.2) is 27.6 Å². The van der Waals surface area contributed by atoms with Gasteiger partial charge in [0.1, 0.15) is 11.5 Å². The summed E-state index contributed by atoms with van der Waals surface area (Å²) in [5.41, 5.74) is 6.10. The van der Waals surface area contributed by atoms with E-state index in [1.165, 1.54) is 0 Å². The molecule has 3 aromatic rings. The number of hydrazone groups is 1. The van der Waals surface area contributed by atoms with Crippen LogP contribution in [0.3, 0.4) is 0 Å². The zero-order valence-electron chi connectivity index (χ0n) is 13.5. The van der Waals surface area contributed by atoms with Gasteiger partial charge in [-0.3, -0.25) is 10.2 Å². The van der Waals surface area contributed by atoms with E-state index in [2.05, 4.69) is 41.7 Å². The van der Waals surface area contributed by atoms with Crippen molar-refractivity contribution in [2.24, 2.45) is 5.10 Å². The van der Waals surface area contributed by atoms with Crippen molar-refractivity contribution in [1.82, 2.24) is 15.3 Å². The van der Waals surface area contributed by atoms with Crippen LogP contribution in [0.5, 0.6) is 0 Å². The van der Waals surface area contributed by atoms with Gasteiger partial charge in [0.05, 0.1) is 5.71 Å². The number of rotatable bonds is 2. The first-order valence-corrected chi connectivity index (χ1v) is 8.77. The summed E-state index contributed by atoms with van der Waals surface area (Å²) in [6.07, 6.45) is 2.33. The molecule has 0 saturated carbocycles. The zero-order valence-corrected chi connectivity index (χ0v) is 15.1. The number of nitrogens with zero attached hydrogens (tertiary/aromatic N) is 2. The van der Waals surface area contributed by atoms with E-state index >= 15 is 0 Å². The molecule has 1 amide bonds. The molecule has 3 heterocycles. The third-order valence-corrected chi connectivity index (χ3v) is 4.62. The van der Waals surface area contributed by atoms with E-state index in [-0.39, 0.29) is 11.9 Å². The highest BCUT2D eigenvalue weighted by atomic mass is 79.9. The number of carbonyl (C=O) groups excluding carboxylic acids is 1. The van der Waals surface area contributed by atoms with Crippen LogP contribution >= 0.6 is 15.9 Å². The van der Waals surface area contributed by atoms with Crippen molar-refractivity contribution >= 4 is 44.3 Å². The summed E-state index contributed by atoms with van der Waals surface area (Å²) in [4.78, 5) is 20.0. The van der Waals surface area contributed by atoms with Gasteiger partial charge in [-0.1, -0.05) is 22.0 Å². The van der Waals surface area contributed by atoms with Crippen LogP contribution in [0.4, 0.5) is 5.82 Å². The maximum absolute atomic E-state index is 12.5. The number of nitrogens with one attached hydrogen (secondary N) is 3. The Balaban J connectivity index is 1.86. The molecule has 0 saturated heterocycles. The second-order valence-corrected chi connectivity index (χ2v) is 6.94. The molecule has 0 spiro atoms. The van der Waals surface area contributed by atoms with E-state index in [9.17, 15) is 4.79 Å². The number of H-pyrrole nitrogens is 1. The maximum atomic E-state index is 12.5. The number of hydrogen-bond acceptors (Lipinski definition) is 4. The SMILES string of the molecule is CC1CC(=NNc2ccccn2)c2c([nH]c3ccc(Br)cc23)C(=O)N1. The van der Waals surface area contributed by atoms with Gasteiger partial charge in [0.25, 0.3) is 5.91 Å². The summed E-state index contributed by atoms with van der Waals surface area (Å²) in [7, 11) is 0. The normalized spacial score (nSPS) is 18.7. The second kappa shape index (κ2) is 6.33. The molecule has 0 aliphatic carbocycles. The number of hydrogen-bond donors (Lipinski definition) is 3. The van der Waals surface area contributed by atoms with Crippen LogP contribution in [0.2, 0.25) is 0 Å². The topological polar surface area (TPSA) is 82.2 Å². The summed E-state index contributed by atoms with van der Waals surface area (Å²) in [5, 5.41) is 8.53. The summed E-state index contributed by atoms with van der Waals surface area (Å²) >= 11 is 3.51. The fourth-order valence-electron chi connectivity index (χ4n) is 3.03. The molecule has 1 atom stereocenters. The number of pyridine rings is 1. The van der Waals surface area contributed by atoms with Gasteiger partial charge in [-0.25, -0.2) is 4.98 Å². The van der Waals surface area contributed by atoms with Gasteiger partial charge in [0.2, 0.25) is 0 Å². The third kappa shape index (κ3) is 3.02. The molecule has 3 N–H and O–H groups in total. The molecule has 6 nitrogen and oxygen atoms in total. The Morgan fingerprint density at radius 3 is 3.00 bits per heavy atom. The minimum atomic E-state index is -0.113. The van der Waals surface area contributed by atoms with E-state index in [0.29, 0.717) is 17.9 Å². The Bertz CT molecular complexity index is 980. The first-order chi connectivity index (χ1) is 12.1. The molecular formula is C18H16BrN5O. The van der Waals surface area contributed by atoms with Crippen LogP contribution < -0.4 is 10.7 Å². The molecule has 1 unspecified atom stereocenters. The molecule has 126 valence electrons. The number of carbonyl (C=O) groups is 1. The lowest BCUT2D eigenvalue weighted by molar-refractivity contribution is 0.0939. The summed E-state index contributed by atoms with van der Waals surface area (Å²) in [6.45, 7) is 1.97. The van der Waals surface area contributed by atoms with Gasteiger partial charge in [-0.05, 0) is 37.3 Å². The number of anilines is 1. The highest BCUT2D eigenvalue weighted by Gasteiger charge is 2.27. The second-order valence-electron chi connectivity index (χ2n) is 6.03. The lowest BCUT2D eigenvalue weighted by Crippen LogP contribution is -2.31. The van der Waals surface area contributed by atoms with E-state index < -0.39 is 0 Å². The van der Waals surface area contributed by atoms with E-state index in [1.807, 2.05) is 43.3 Å². The van der Waals surface area contributed by atoms with Crippen molar-refractivity contribution in [2.45, 2.75) is 19.4 Å². The van der Waals surface area contributed by atoms with Crippen molar-refractivity contribution in [2.75, 3.05) is 5.43 Å². The van der Waals surface area contributed by atoms with Crippen molar-refractivity contribution in [3.63, 3.8) is 0 Å². The molecule has 1 aliphatic heterocycles. The highest BCUT2D eigenvalue weighted by molar-refractivity contribution is 9.10. The summed E-state index contributed by atoms with van der Waals surface area (Å²) in [6, 6.07) is 11.5. The number of fused-ring (bicyclic) bond motifs is 3. The van der Waals surface area contributed by atoms with Crippen molar-refractivity contribution in [3.05, 3.63) is 58.3 Å². The molecule has 0 fully saturated rings. The number of amides is 1. The van der Waals surface area contributed by atoms with Crippen LogP contribution in [0.1, 0.15) is 29.4 Å². The molecule has 1 aromatic carbocycles. The first kappa shape index (κ1) is 15.8. The Morgan fingerprint density at radius 1 is 1.32 bits per heavy atom. The average molecular weight is 398 g/mol. The van der Waals surface area contributed by atoms with Crippen molar-refractivity contribution in [3.8, 4) is 0 Å². The van der Waals surface area contributed by atoms with Crippen LogP contribution in [0.25, 0.3) is 10.9 Å². The molecule has 4 rings (SSSR count). The first-order valence-electron chi connectivity index (χ1n) is 7.98. The van der Waals surface area contributed by atoms with Crippen LogP contribution in [0.15, 0.2) is 52.2 Å². The number of aromatic nitrogens is 2. The van der Waals surface area contributed by atoms with Crippen LogP contribution in [-0.2, 0) is 0 Å². The summed E-state index contributed by atoms with van der Waals surface area (Å²) in [5.74, 6) is 0.548. The molecular weight excluding hydrogens is 382 g/mol. The number of halogens is 1. The number of benzene rings is 1.